The molecule has 14 nitrogen and oxygen atoms in total. The van der Waals surface area contributed by atoms with E-state index in [1.807, 2.05) is 36.4 Å². The fraction of sp³-hybridized carbons (Fsp3) is 0.0400. The van der Waals surface area contributed by atoms with Crippen LogP contribution in [0.3, 0.4) is 0 Å². The third-order valence-electron chi connectivity index (χ3n) is 5.40. The number of nitro groups is 1. The molecule has 0 radical (unpaired) electrons. The average Bonchev–Trinajstić information content (AvgIpc) is 3.59. The number of benzene rings is 3. The second kappa shape index (κ2) is 11.0. The molecule has 39 heavy (non-hydrogen) atoms. The number of non-ortho nitro benzene ring substituents is 1. The van der Waals surface area contributed by atoms with E-state index < -0.39 is 10.8 Å². The van der Waals surface area contributed by atoms with Gasteiger partial charge in [-0.15, -0.1) is 5.10 Å². The lowest BCUT2D eigenvalue weighted by atomic mass is 10.1. The van der Waals surface area contributed by atoms with Gasteiger partial charge < -0.3 is 10.5 Å². The van der Waals surface area contributed by atoms with Gasteiger partial charge in [0.05, 0.1) is 11.1 Å². The van der Waals surface area contributed by atoms with Crippen molar-refractivity contribution in [3.05, 3.63) is 106 Å². The van der Waals surface area contributed by atoms with Gasteiger partial charge in [-0.1, -0.05) is 59.8 Å². The Bertz CT molecular complexity index is 1660. The molecule has 1 amide bonds. The number of hydrogen-bond acceptors (Lipinski definition) is 11. The zero-order chi connectivity index (χ0) is 27.2. The predicted octanol–water partition coefficient (Wildman–Crippen LogP) is 3.15. The van der Waals surface area contributed by atoms with E-state index in [1.54, 1.807) is 24.3 Å². The van der Waals surface area contributed by atoms with Crippen molar-refractivity contribution in [2.24, 2.45) is 5.10 Å². The molecule has 0 unspecified atom stereocenters. The zero-order valence-electron chi connectivity index (χ0n) is 20.0. The van der Waals surface area contributed by atoms with Crippen LogP contribution in [0, 0.1) is 10.1 Å². The molecule has 14 heteroatoms. The lowest BCUT2D eigenvalue weighted by Crippen LogP contribution is -2.19. The maximum Gasteiger partial charge on any atom is 0.294 e. The van der Waals surface area contributed by atoms with Crippen molar-refractivity contribution < 1.29 is 19.1 Å². The van der Waals surface area contributed by atoms with Crippen molar-refractivity contribution in [3.8, 4) is 22.8 Å². The Labute approximate surface area is 219 Å². The molecule has 2 heterocycles. The number of hydrogen-bond donors (Lipinski definition) is 2. The highest BCUT2D eigenvalue weighted by molar-refractivity contribution is 5.99. The molecule has 0 aliphatic rings. The minimum Gasteiger partial charge on any atom is -0.489 e. The number of carbonyl (C=O) groups is 1. The summed E-state index contributed by atoms with van der Waals surface area (Å²) in [6.45, 7) is 0.403. The Balaban J connectivity index is 1.37. The van der Waals surface area contributed by atoms with E-state index >= 15 is 0 Å². The Kier molecular flexibility index (Phi) is 6.98. The number of aromatic nitrogens is 5. The molecule has 0 aliphatic heterocycles. The van der Waals surface area contributed by atoms with E-state index in [9.17, 15) is 14.9 Å². The maximum atomic E-state index is 13.1. The summed E-state index contributed by atoms with van der Waals surface area (Å²) in [5.74, 6) is -0.265. The van der Waals surface area contributed by atoms with Gasteiger partial charge in [0.15, 0.2) is 5.69 Å². The quantitative estimate of drug-likeness (QED) is 0.164. The van der Waals surface area contributed by atoms with Gasteiger partial charge in [0, 0.05) is 17.7 Å². The molecule has 0 atom stereocenters. The Morgan fingerprint density at radius 2 is 1.92 bits per heavy atom. The SMILES string of the molecule is Nc1nonc1-n1nnc(C(=O)NN=Cc2cccc(OCc3ccccc3)c2)c1-c1cccc([N+](=O)[O-])c1. The number of nitro benzene ring substituents is 1. The number of nitrogen functional groups attached to an aromatic ring is 1. The van der Waals surface area contributed by atoms with Gasteiger partial charge in [-0.25, -0.2) is 10.1 Å². The standard InChI is InChI=1S/C25H19N9O5/c26-23-24(31-39-30-23)33-22(18-9-5-10-19(13-18)34(36)37)21(28-32-33)25(35)29-27-14-17-8-4-11-20(12-17)38-15-16-6-2-1-3-7-16/h1-14H,15H2,(H2,26,30)(H,29,35). The monoisotopic (exact) mass is 525 g/mol. The minimum atomic E-state index is -0.731. The fourth-order valence-electron chi connectivity index (χ4n) is 3.59. The lowest BCUT2D eigenvalue weighted by Gasteiger charge is -2.07. The van der Waals surface area contributed by atoms with Crippen LogP contribution in [-0.4, -0.2) is 42.4 Å². The fourth-order valence-corrected chi connectivity index (χ4v) is 3.59. The van der Waals surface area contributed by atoms with E-state index in [0.29, 0.717) is 17.9 Å². The highest BCUT2D eigenvalue weighted by Crippen LogP contribution is 2.29. The highest BCUT2D eigenvalue weighted by atomic mass is 16.6. The van der Waals surface area contributed by atoms with Gasteiger partial charge in [0.25, 0.3) is 11.6 Å². The van der Waals surface area contributed by atoms with Gasteiger partial charge in [-0.05, 0) is 33.6 Å². The van der Waals surface area contributed by atoms with Gasteiger partial charge in [0.2, 0.25) is 11.6 Å². The van der Waals surface area contributed by atoms with E-state index in [2.05, 4.69) is 35.8 Å². The van der Waals surface area contributed by atoms with E-state index in [0.717, 1.165) is 10.2 Å². The number of carbonyl (C=O) groups excluding carboxylic acids is 1. The summed E-state index contributed by atoms with van der Waals surface area (Å²) < 4.78 is 11.6. The molecule has 0 saturated heterocycles. The first-order chi connectivity index (χ1) is 19.0. The molecule has 2 aromatic heterocycles. The Hall–Kier alpha value is -5.92. The van der Waals surface area contributed by atoms with E-state index in [4.69, 9.17) is 10.5 Å². The van der Waals surface area contributed by atoms with Crippen molar-refractivity contribution in [2.45, 2.75) is 6.61 Å². The topological polar surface area (TPSA) is 189 Å². The number of amides is 1. The molecule has 5 rings (SSSR count). The van der Waals surface area contributed by atoms with Crippen molar-refractivity contribution >= 4 is 23.6 Å². The van der Waals surface area contributed by atoms with Crippen LogP contribution in [-0.2, 0) is 6.61 Å². The number of hydrazone groups is 1. The van der Waals surface area contributed by atoms with Crippen molar-refractivity contribution in [1.29, 1.82) is 0 Å². The molecule has 0 spiro atoms. The summed E-state index contributed by atoms with van der Waals surface area (Å²) in [6, 6.07) is 22.5. The molecule has 0 fully saturated rings. The number of nitrogens with zero attached hydrogens (tertiary/aromatic N) is 7. The van der Waals surface area contributed by atoms with Crippen LogP contribution in [0.1, 0.15) is 21.6 Å². The zero-order valence-corrected chi connectivity index (χ0v) is 20.0. The van der Waals surface area contributed by atoms with Gasteiger partial charge >= 0.3 is 0 Å². The summed E-state index contributed by atoms with van der Waals surface area (Å²) in [5, 5.41) is 30.4. The average molecular weight is 525 g/mol. The highest BCUT2D eigenvalue weighted by Gasteiger charge is 2.26. The van der Waals surface area contributed by atoms with Crippen LogP contribution in [0.25, 0.3) is 17.1 Å². The van der Waals surface area contributed by atoms with Crippen LogP contribution in [0.2, 0.25) is 0 Å². The van der Waals surface area contributed by atoms with Crippen LogP contribution in [0.15, 0.2) is 88.6 Å². The maximum absolute atomic E-state index is 13.1. The molecule has 0 saturated carbocycles. The van der Waals surface area contributed by atoms with Crippen LogP contribution < -0.4 is 15.9 Å². The minimum absolute atomic E-state index is 0.0427. The number of rotatable bonds is 9. The third-order valence-corrected chi connectivity index (χ3v) is 5.40. The van der Waals surface area contributed by atoms with E-state index in [1.165, 1.54) is 24.4 Å². The van der Waals surface area contributed by atoms with Gasteiger partial charge in [-0.2, -0.15) is 9.78 Å². The second-order valence-electron chi connectivity index (χ2n) is 8.02. The number of anilines is 1. The summed E-state index contributed by atoms with van der Waals surface area (Å²) in [6.07, 6.45) is 1.43. The van der Waals surface area contributed by atoms with Crippen molar-refractivity contribution in [1.82, 2.24) is 30.7 Å². The third kappa shape index (κ3) is 5.59. The molecular formula is C25H19N9O5. The van der Waals surface area contributed by atoms with Crippen molar-refractivity contribution in [2.75, 3.05) is 5.73 Å². The van der Waals surface area contributed by atoms with Gasteiger partial charge in [0.1, 0.15) is 18.1 Å². The molecule has 3 N–H and O–H groups in total. The molecular weight excluding hydrogens is 506 g/mol. The number of nitrogens with one attached hydrogen (secondary N) is 1. The summed E-state index contributed by atoms with van der Waals surface area (Å²) in [7, 11) is 0. The summed E-state index contributed by atoms with van der Waals surface area (Å²) in [5.41, 5.74) is 9.83. The molecule has 194 valence electrons. The first kappa shape index (κ1) is 24.8. The molecule has 3 aromatic carbocycles. The van der Waals surface area contributed by atoms with Crippen LogP contribution >= 0.6 is 0 Å². The first-order valence-electron chi connectivity index (χ1n) is 11.4. The molecule has 0 bridgehead atoms. The number of nitrogens with two attached hydrogens (primary N) is 1. The smallest absolute Gasteiger partial charge is 0.294 e. The van der Waals surface area contributed by atoms with Gasteiger partial charge in [-0.3, -0.25) is 14.9 Å². The lowest BCUT2D eigenvalue weighted by molar-refractivity contribution is -0.384. The second-order valence-corrected chi connectivity index (χ2v) is 8.02. The van der Waals surface area contributed by atoms with E-state index in [-0.39, 0.29) is 34.3 Å². The van der Waals surface area contributed by atoms with Crippen LogP contribution in [0.5, 0.6) is 5.75 Å². The summed E-state index contributed by atoms with van der Waals surface area (Å²) >= 11 is 0. The normalized spacial score (nSPS) is 11.0. The van der Waals surface area contributed by atoms with Crippen molar-refractivity contribution in [3.63, 3.8) is 0 Å². The number of ether oxygens (including phenoxy) is 1. The largest absolute Gasteiger partial charge is 0.489 e. The molecule has 0 aliphatic carbocycles. The molecule has 5 aromatic rings. The Morgan fingerprint density at radius 3 is 2.69 bits per heavy atom. The van der Waals surface area contributed by atoms with Crippen LogP contribution in [0.4, 0.5) is 11.5 Å². The predicted molar refractivity (Wildman–Crippen MR) is 138 cm³/mol. The Morgan fingerprint density at radius 1 is 1.10 bits per heavy atom. The summed E-state index contributed by atoms with van der Waals surface area (Å²) in [4.78, 5) is 23.8. The first-order valence-corrected chi connectivity index (χ1v) is 11.4.